The second kappa shape index (κ2) is 8.28. The monoisotopic (exact) mass is 452 g/mol. The number of nitrogens with zero attached hydrogens (tertiary/aromatic N) is 5. The van der Waals surface area contributed by atoms with E-state index in [1.54, 1.807) is 37.3 Å². The minimum atomic E-state index is -0.694. The molecule has 0 saturated carbocycles. The summed E-state index contributed by atoms with van der Waals surface area (Å²) in [6.45, 7) is 3.67. The first-order chi connectivity index (χ1) is 16.4. The van der Waals surface area contributed by atoms with Crippen molar-refractivity contribution in [1.82, 2.24) is 24.5 Å². The largest absolute Gasteiger partial charge is 0.505 e. The molecular formula is C25H20N6O3. The van der Waals surface area contributed by atoms with Gasteiger partial charge in [0.15, 0.2) is 17.3 Å². The van der Waals surface area contributed by atoms with Gasteiger partial charge in [-0.2, -0.15) is 19.6 Å². The zero-order valence-corrected chi connectivity index (χ0v) is 18.4. The minimum absolute atomic E-state index is 0.294. The maximum Gasteiger partial charge on any atom is 0.281 e. The van der Waals surface area contributed by atoms with E-state index >= 15 is 0 Å². The van der Waals surface area contributed by atoms with Crippen molar-refractivity contribution in [2.45, 2.75) is 13.8 Å². The number of rotatable bonds is 4. The molecule has 1 amide bonds. The van der Waals surface area contributed by atoms with Crippen LogP contribution in [0.1, 0.15) is 21.7 Å². The Balaban J connectivity index is 1.52. The average Bonchev–Trinajstić information content (AvgIpc) is 3.18. The van der Waals surface area contributed by atoms with Crippen molar-refractivity contribution in [2.24, 2.45) is 0 Å². The third-order valence-electron chi connectivity index (χ3n) is 5.25. The van der Waals surface area contributed by atoms with Crippen LogP contribution in [0, 0.1) is 13.8 Å². The number of anilines is 1. The van der Waals surface area contributed by atoms with Gasteiger partial charge >= 0.3 is 0 Å². The molecule has 5 rings (SSSR count). The molecule has 3 aromatic heterocycles. The van der Waals surface area contributed by atoms with E-state index in [-0.39, 0.29) is 5.69 Å². The maximum absolute atomic E-state index is 13.1. The molecule has 9 heteroatoms. The number of hydrogen-bond donors (Lipinski definition) is 2. The van der Waals surface area contributed by atoms with Crippen LogP contribution in [0.4, 0.5) is 5.82 Å². The number of benzene rings is 2. The molecule has 168 valence electrons. The molecule has 0 fully saturated rings. The molecule has 2 N–H and O–H groups in total. The Morgan fingerprint density at radius 1 is 0.912 bits per heavy atom. The average molecular weight is 452 g/mol. The summed E-state index contributed by atoms with van der Waals surface area (Å²) in [4.78, 5) is 30.1. The number of carbonyl (C=O) groups excluding carboxylic acids is 1. The molecule has 0 bridgehead atoms. The van der Waals surface area contributed by atoms with Crippen molar-refractivity contribution >= 4 is 22.6 Å². The lowest BCUT2D eigenvalue weighted by atomic mass is 10.2. The Labute approximate surface area is 193 Å². The topological polar surface area (TPSA) is 115 Å². The number of aromatic hydroxyl groups is 1. The highest BCUT2D eigenvalue weighted by atomic mass is 16.3. The number of pyridine rings is 1. The molecule has 0 atom stereocenters. The van der Waals surface area contributed by atoms with Crippen molar-refractivity contribution in [1.29, 1.82) is 0 Å². The molecule has 0 radical (unpaired) electrons. The van der Waals surface area contributed by atoms with Gasteiger partial charge in [-0.05, 0) is 49.7 Å². The van der Waals surface area contributed by atoms with E-state index in [0.29, 0.717) is 23.0 Å². The molecule has 34 heavy (non-hydrogen) atoms. The smallest absolute Gasteiger partial charge is 0.281 e. The molecule has 0 aliphatic carbocycles. The van der Waals surface area contributed by atoms with Crippen LogP contribution < -0.4 is 10.9 Å². The summed E-state index contributed by atoms with van der Waals surface area (Å²) in [6.07, 6.45) is 0. The molecule has 0 aliphatic rings. The molecule has 9 nitrogen and oxygen atoms in total. The number of aromatic nitrogens is 5. The fourth-order valence-electron chi connectivity index (χ4n) is 3.67. The summed E-state index contributed by atoms with van der Waals surface area (Å²) in [6, 6.07) is 21.2. The number of carbonyl (C=O) groups is 1. The first kappa shape index (κ1) is 21.1. The van der Waals surface area contributed by atoms with Crippen LogP contribution in [-0.4, -0.2) is 35.6 Å². The van der Waals surface area contributed by atoms with Crippen molar-refractivity contribution in [3.63, 3.8) is 0 Å². The van der Waals surface area contributed by atoms with Crippen molar-refractivity contribution in [3.8, 4) is 17.3 Å². The maximum atomic E-state index is 13.1. The van der Waals surface area contributed by atoms with Gasteiger partial charge < -0.3 is 10.4 Å². The SMILES string of the molecule is Cc1cccc(-n2nc(C(=O)Nc3cc(C)nn3-c3ccc4ccccc4n3)c(O)cc2=O)c1. The summed E-state index contributed by atoms with van der Waals surface area (Å²) in [5.74, 6) is -0.345. The van der Waals surface area contributed by atoms with Gasteiger partial charge in [0.25, 0.3) is 11.5 Å². The van der Waals surface area contributed by atoms with Crippen LogP contribution in [0.3, 0.4) is 0 Å². The molecular weight excluding hydrogens is 432 g/mol. The molecule has 5 aromatic rings. The van der Waals surface area contributed by atoms with Crippen LogP contribution in [-0.2, 0) is 0 Å². The number of aryl methyl sites for hydroxylation is 2. The van der Waals surface area contributed by atoms with E-state index in [0.717, 1.165) is 27.2 Å². The van der Waals surface area contributed by atoms with E-state index in [9.17, 15) is 14.7 Å². The van der Waals surface area contributed by atoms with Crippen LogP contribution in [0.2, 0.25) is 0 Å². The molecule has 0 aliphatic heterocycles. The predicted molar refractivity (Wildman–Crippen MR) is 128 cm³/mol. The standard InChI is InChI=1S/C25H20N6O3/c1-15-6-5-8-18(12-15)30-23(33)14-20(32)24(29-30)25(34)27-22-13-16(2)28-31(22)21-11-10-17-7-3-4-9-19(17)26-21/h3-14,32H,1-2H3,(H,27,34). The first-order valence-electron chi connectivity index (χ1n) is 10.5. The van der Waals surface area contributed by atoms with Gasteiger partial charge in [-0.3, -0.25) is 9.59 Å². The molecule has 0 unspecified atom stereocenters. The summed E-state index contributed by atoms with van der Waals surface area (Å²) in [5.41, 5.74) is 2.01. The lowest BCUT2D eigenvalue weighted by molar-refractivity contribution is 0.101. The first-order valence-corrected chi connectivity index (χ1v) is 10.5. The van der Waals surface area contributed by atoms with E-state index < -0.39 is 17.2 Å². The van der Waals surface area contributed by atoms with Crippen molar-refractivity contribution in [2.75, 3.05) is 5.32 Å². The van der Waals surface area contributed by atoms with Gasteiger partial charge in [0, 0.05) is 17.5 Å². The number of nitrogens with one attached hydrogen (secondary N) is 1. The summed E-state index contributed by atoms with van der Waals surface area (Å²) < 4.78 is 2.59. The van der Waals surface area contributed by atoms with Gasteiger partial charge in [-0.1, -0.05) is 30.3 Å². The Morgan fingerprint density at radius 2 is 1.74 bits per heavy atom. The van der Waals surface area contributed by atoms with Crippen LogP contribution in [0.25, 0.3) is 22.4 Å². The lowest BCUT2D eigenvalue weighted by Crippen LogP contribution is -2.25. The van der Waals surface area contributed by atoms with Crippen LogP contribution in [0.15, 0.2) is 77.6 Å². The molecule has 0 spiro atoms. The van der Waals surface area contributed by atoms with E-state index in [1.807, 2.05) is 43.3 Å². The fraction of sp³-hybridized carbons (Fsp3) is 0.0800. The predicted octanol–water partition coefficient (Wildman–Crippen LogP) is 3.54. The second-order valence-electron chi connectivity index (χ2n) is 7.87. The summed E-state index contributed by atoms with van der Waals surface area (Å²) >= 11 is 0. The van der Waals surface area contributed by atoms with Gasteiger partial charge in [-0.15, -0.1) is 0 Å². The minimum Gasteiger partial charge on any atom is -0.505 e. The van der Waals surface area contributed by atoms with Gasteiger partial charge in [0.2, 0.25) is 0 Å². The Hall–Kier alpha value is -4.79. The van der Waals surface area contributed by atoms with Crippen molar-refractivity contribution < 1.29 is 9.90 Å². The Morgan fingerprint density at radius 3 is 2.56 bits per heavy atom. The summed E-state index contributed by atoms with van der Waals surface area (Å²) in [7, 11) is 0. The fourth-order valence-corrected chi connectivity index (χ4v) is 3.67. The number of para-hydroxylation sites is 1. The van der Waals surface area contributed by atoms with Gasteiger partial charge in [-0.25, -0.2) is 4.98 Å². The quantitative estimate of drug-likeness (QED) is 0.431. The highest BCUT2D eigenvalue weighted by Crippen LogP contribution is 2.21. The third kappa shape index (κ3) is 3.90. The zero-order chi connectivity index (χ0) is 23.8. The van der Waals surface area contributed by atoms with Crippen LogP contribution in [0.5, 0.6) is 5.75 Å². The Kier molecular flexibility index (Phi) is 5.14. The molecule has 0 saturated heterocycles. The number of amides is 1. The molecule has 2 aromatic carbocycles. The highest BCUT2D eigenvalue weighted by Gasteiger charge is 2.20. The van der Waals surface area contributed by atoms with E-state index in [2.05, 4.69) is 20.5 Å². The second-order valence-corrected chi connectivity index (χ2v) is 7.87. The molecule has 3 heterocycles. The summed E-state index contributed by atoms with van der Waals surface area (Å²) in [5, 5.41) is 22.6. The van der Waals surface area contributed by atoms with Crippen molar-refractivity contribution in [3.05, 3.63) is 100 Å². The number of hydrogen-bond acceptors (Lipinski definition) is 6. The number of fused-ring (bicyclic) bond motifs is 1. The normalized spacial score (nSPS) is 11.0. The van der Waals surface area contributed by atoms with Crippen LogP contribution >= 0.6 is 0 Å². The highest BCUT2D eigenvalue weighted by molar-refractivity contribution is 6.04. The third-order valence-corrected chi connectivity index (χ3v) is 5.25. The lowest BCUT2D eigenvalue weighted by Gasteiger charge is -2.11. The van der Waals surface area contributed by atoms with E-state index in [1.165, 1.54) is 4.68 Å². The Bertz CT molecular complexity index is 1620. The van der Waals surface area contributed by atoms with Gasteiger partial charge in [0.05, 0.1) is 16.9 Å². The van der Waals surface area contributed by atoms with E-state index in [4.69, 9.17) is 0 Å². The zero-order valence-electron chi connectivity index (χ0n) is 18.4. The van der Waals surface area contributed by atoms with Gasteiger partial charge in [0.1, 0.15) is 5.82 Å².